The summed E-state index contributed by atoms with van der Waals surface area (Å²) in [6, 6.07) is 14.6. The Labute approximate surface area is 113 Å². The van der Waals surface area contributed by atoms with Crippen molar-refractivity contribution in [1.29, 1.82) is 0 Å². The van der Waals surface area contributed by atoms with Crippen LogP contribution >= 0.6 is 0 Å². The lowest BCUT2D eigenvalue weighted by Crippen LogP contribution is -2.06. The number of hydrogen-bond acceptors (Lipinski definition) is 2. The van der Waals surface area contributed by atoms with E-state index in [4.69, 9.17) is 4.74 Å². The first-order chi connectivity index (χ1) is 9.18. The van der Waals surface area contributed by atoms with Gasteiger partial charge >= 0.3 is 5.97 Å². The molecule has 0 aliphatic heterocycles. The van der Waals surface area contributed by atoms with Crippen molar-refractivity contribution in [2.24, 2.45) is 0 Å². The van der Waals surface area contributed by atoms with Crippen LogP contribution in [0.2, 0.25) is 0 Å². The monoisotopic (exact) mass is 254 g/mol. The second-order valence-electron chi connectivity index (χ2n) is 4.66. The fourth-order valence-corrected chi connectivity index (χ4v) is 2.06. The molecule has 0 aromatic heterocycles. The number of esters is 1. The van der Waals surface area contributed by atoms with E-state index in [1.807, 2.05) is 12.1 Å². The molecule has 0 aliphatic rings. The van der Waals surface area contributed by atoms with Gasteiger partial charge in [-0.1, -0.05) is 49.0 Å². The van der Waals surface area contributed by atoms with Crippen LogP contribution in [0.5, 0.6) is 0 Å². The Morgan fingerprint density at radius 2 is 1.89 bits per heavy atom. The van der Waals surface area contributed by atoms with Gasteiger partial charge in [0.05, 0.1) is 6.61 Å². The maximum absolute atomic E-state index is 11.2. The van der Waals surface area contributed by atoms with E-state index in [1.165, 1.54) is 16.3 Å². The highest BCUT2D eigenvalue weighted by molar-refractivity contribution is 5.87. The van der Waals surface area contributed by atoms with Gasteiger partial charge in [0, 0.05) is 5.57 Å². The van der Waals surface area contributed by atoms with Crippen LogP contribution in [0.3, 0.4) is 0 Å². The smallest absolute Gasteiger partial charge is 0.333 e. The molecular weight excluding hydrogens is 236 g/mol. The van der Waals surface area contributed by atoms with Crippen LogP contribution in [0.25, 0.3) is 10.8 Å². The van der Waals surface area contributed by atoms with E-state index < -0.39 is 0 Å². The topological polar surface area (TPSA) is 26.3 Å². The summed E-state index contributed by atoms with van der Waals surface area (Å²) in [6.45, 7) is 5.66. The number of aryl methyl sites for hydroxylation is 1. The first-order valence-corrected chi connectivity index (χ1v) is 6.48. The summed E-state index contributed by atoms with van der Waals surface area (Å²) in [5, 5.41) is 2.52. The van der Waals surface area contributed by atoms with E-state index in [9.17, 15) is 4.79 Å². The minimum Gasteiger partial charge on any atom is -0.462 e. The molecule has 0 N–H and O–H groups in total. The van der Waals surface area contributed by atoms with Crippen molar-refractivity contribution in [2.75, 3.05) is 6.61 Å². The minimum atomic E-state index is -0.307. The van der Waals surface area contributed by atoms with E-state index >= 15 is 0 Å². The molecule has 2 aromatic rings. The zero-order chi connectivity index (χ0) is 13.7. The van der Waals surface area contributed by atoms with Gasteiger partial charge < -0.3 is 4.74 Å². The van der Waals surface area contributed by atoms with E-state index in [0.717, 1.165) is 12.8 Å². The van der Waals surface area contributed by atoms with E-state index in [2.05, 4.69) is 36.9 Å². The Bertz CT molecular complexity index is 594. The van der Waals surface area contributed by atoms with Crippen LogP contribution in [0.4, 0.5) is 0 Å². The fourth-order valence-electron chi connectivity index (χ4n) is 2.06. The average molecular weight is 254 g/mol. The third kappa shape index (κ3) is 3.44. The summed E-state index contributed by atoms with van der Waals surface area (Å²) in [5.74, 6) is -0.307. The van der Waals surface area contributed by atoms with Crippen molar-refractivity contribution in [3.8, 4) is 0 Å². The molecule has 19 heavy (non-hydrogen) atoms. The molecule has 0 amide bonds. The quantitative estimate of drug-likeness (QED) is 0.459. The molecule has 2 rings (SSSR count). The predicted octanol–water partition coefficient (Wildman–Crippen LogP) is 3.89. The number of ether oxygens (including phenoxy) is 1. The first-order valence-electron chi connectivity index (χ1n) is 6.48. The zero-order valence-corrected chi connectivity index (χ0v) is 11.2. The molecule has 0 radical (unpaired) electrons. The highest BCUT2D eigenvalue weighted by atomic mass is 16.5. The molecule has 0 fully saturated rings. The van der Waals surface area contributed by atoms with Crippen LogP contribution in [0.1, 0.15) is 18.9 Å². The number of benzene rings is 2. The van der Waals surface area contributed by atoms with Gasteiger partial charge in [0.25, 0.3) is 0 Å². The lowest BCUT2D eigenvalue weighted by atomic mass is 10.0. The van der Waals surface area contributed by atoms with Crippen LogP contribution in [-0.2, 0) is 16.0 Å². The molecule has 0 saturated heterocycles. The minimum absolute atomic E-state index is 0.307. The molecule has 0 unspecified atom stereocenters. The lowest BCUT2D eigenvalue weighted by Gasteiger charge is -2.07. The largest absolute Gasteiger partial charge is 0.462 e. The summed E-state index contributed by atoms with van der Waals surface area (Å²) in [4.78, 5) is 11.2. The second kappa shape index (κ2) is 6.19. The third-order valence-corrected chi connectivity index (χ3v) is 3.05. The van der Waals surface area contributed by atoms with Gasteiger partial charge in [-0.05, 0) is 36.1 Å². The van der Waals surface area contributed by atoms with Crippen molar-refractivity contribution < 1.29 is 9.53 Å². The van der Waals surface area contributed by atoms with Crippen LogP contribution < -0.4 is 0 Å². The van der Waals surface area contributed by atoms with Gasteiger partial charge in [-0.3, -0.25) is 0 Å². The number of carbonyl (C=O) groups is 1. The zero-order valence-electron chi connectivity index (χ0n) is 11.2. The standard InChI is InChI=1S/C17H18O2/c1-13(2)17(18)19-12-6-10-15-9-5-8-14-7-3-4-11-16(14)15/h3-5,7-9,11H,1,6,10,12H2,2H3. The molecule has 0 atom stereocenters. The number of hydrogen-bond donors (Lipinski definition) is 0. The summed E-state index contributed by atoms with van der Waals surface area (Å²) in [5.41, 5.74) is 1.75. The lowest BCUT2D eigenvalue weighted by molar-refractivity contribution is -0.139. The molecule has 0 bridgehead atoms. The fraction of sp³-hybridized carbons (Fsp3) is 0.235. The van der Waals surface area contributed by atoms with Gasteiger partial charge in [-0.15, -0.1) is 0 Å². The molecule has 2 aromatic carbocycles. The first kappa shape index (κ1) is 13.3. The summed E-state index contributed by atoms with van der Waals surface area (Å²) < 4.78 is 5.10. The average Bonchev–Trinajstić information content (AvgIpc) is 2.43. The predicted molar refractivity (Wildman–Crippen MR) is 78.0 cm³/mol. The Morgan fingerprint density at radius 3 is 2.68 bits per heavy atom. The van der Waals surface area contributed by atoms with Gasteiger partial charge in [-0.2, -0.15) is 0 Å². The molecule has 2 nitrogen and oxygen atoms in total. The highest BCUT2D eigenvalue weighted by Gasteiger charge is 2.03. The molecule has 98 valence electrons. The van der Waals surface area contributed by atoms with Gasteiger partial charge in [0.1, 0.15) is 0 Å². The second-order valence-corrected chi connectivity index (χ2v) is 4.66. The Hall–Kier alpha value is -2.09. The van der Waals surface area contributed by atoms with Gasteiger partial charge in [0.15, 0.2) is 0 Å². The molecule has 2 heteroatoms. The van der Waals surface area contributed by atoms with Crippen LogP contribution in [-0.4, -0.2) is 12.6 Å². The van der Waals surface area contributed by atoms with E-state index in [1.54, 1.807) is 6.92 Å². The molecule has 0 heterocycles. The molecule has 0 saturated carbocycles. The third-order valence-electron chi connectivity index (χ3n) is 3.05. The van der Waals surface area contributed by atoms with Crippen molar-refractivity contribution in [3.63, 3.8) is 0 Å². The number of rotatable bonds is 5. The number of carbonyl (C=O) groups excluding carboxylic acids is 1. The summed E-state index contributed by atoms with van der Waals surface area (Å²) in [6.07, 6.45) is 1.73. The molecular formula is C17H18O2. The van der Waals surface area contributed by atoms with Gasteiger partial charge in [-0.25, -0.2) is 4.79 Å². The van der Waals surface area contributed by atoms with E-state index in [0.29, 0.717) is 12.2 Å². The van der Waals surface area contributed by atoms with Gasteiger partial charge in [0.2, 0.25) is 0 Å². The maximum Gasteiger partial charge on any atom is 0.333 e. The maximum atomic E-state index is 11.2. The summed E-state index contributed by atoms with van der Waals surface area (Å²) >= 11 is 0. The number of fused-ring (bicyclic) bond motifs is 1. The van der Waals surface area contributed by atoms with Crippen molar-refractivity contribution >= 4 is 16.7 Å². The van der Waals surface area contributed by atoms with Crippen LogP contribution in [0, 0.1) is 0 Å². The SMILES string of the molecule is C=C(C)C(=O)OCCCc1cccc2ccccc12. The summed E-state index contributed by atoms with van der Waals surface area (Å²) in [7, 11) is 0. The normalized spacial score (nSPS) is 10.4. The van der Waals surface area contributed by atoms with Crippen molar-refractivity contribution in [2.45, 2.75) is 19.8 Å². The van der Waals surface area contributed by atoms with Crippen LogP contribution in [0.15, 0.2) is 54.6 Å². The molecule has 0 aliphatic carbocycles. The Morgan fingerprint density at radius 1 is 1.16 bits per heavy atom. The Balaban J connectivity index is 1.95. The van der Waals surface area contributed by atoms with E-state index in [-0.39, 0.29) is 5.97 Å². The highest BCUT2D eigenvalue weighted by Crippen LogP contribution is 2.19. The Kier molecular flexibility index (Phi) is 4.35. The molecule has 0 spiro atoms. The van der Waals surface area contributed by atoms with Crippen molar-refractivity contribution in [1.82, 2.24) is 0 Å². The van der Waals surface area contributed by atoms with Crippen molar-refractivity contribution in [3.05, 3.63) is 60.2 Å².